The summed E-state index contributed by atoms with van der Waals surface area (Å²) in [6.07, 6.45) is 2.41. The fourth-order valence-corrected chi connectivity index (χ4v) is 2.39. The lowest BCUT2D eigenvalue weighted by Gasteiger charge is -2.19. The van der Waals surface area contributed by atoms with Gasteiger partial charge in [-0.05, 0) is 44.9 Å². The van der Waals surface area contributed by atoms with Crippen LogP contribution in [0.15, 0.2) is 18.2 Å². The molecule has 1 aromatic carbocycles. The highest BCUT2D eigenvalue weighted by Crippen LogP contribution is 2.29. The van der Waals surface area contributed by atoms with Crippen molar-refractivity contribution in [1.82, 2.24) is 0 Å². The second-order valence-corrected chi connectivity index (χ2v) is 5.63. The van der Waals surface area contributed by atoms with Crippen molar-refractivity contribution in [3.63, 3.8) is 0 Å². The van der Waals surface area contributed by atoms with Crippen molar-refractivity contribution >= 4 is 17.3 Å². The summed E-state index contributed by atoms with van der Waals surface area (Å²) >= 11 is 5.98. The molecular weight excluding hydrogens is 248 g/mol. The first-order valence-electron chi connectivity index (χ1n) is 6.11. The Kier molecular flexibility index (Phi) is 3.79. The lowest BCUT2D eigenvalue weighted by molar-refractivity contribution is -0.00910. The number of hydrogen-bond acceptors (Lipinski definition) is 3. The molecule has 1 atom stereocenters. The molecular formula is C14H17ClN2O. The van der Waals surface area contributed by atoms with Gasteiger partial charge < -0.3 is 10.1 Å². The summed E-state index contributed by atoms with van der Waals surface area (Å²) < 4.78 is 5.90. The normalized spacial score (nSPS) is 21.6. The monoisotopic (exact) mass is 264 g/mol. The van der Waals surface area contributed by atoms with Crippen molar-refractivity contribution in [2.24, 2.45) is 0 Å². The number of nitriles is 1. The molecule has 0 spiro atoms. The van der Waals surface area contributed by atoms with Crippen molar-refractivity contribution in [3.05, 3.63) is 28.8 Å². The van der Waals surface area contributed by atoms with Gasteiger partial charge in [-0.3, -0.25) is 0 Å². The molecule has 1 aliphatic heterocycles. The number of benzene rings is 1. The van der Waals surface area contributed by atoms with E-state index in [1.807, 2.05) is 12.1 Å². The molecule has 4 heteroatoms. The first kappa shape index (κ1) is 13.2. The van der Waals surface area contributed by atoms with E-state index in [-0.39, 0.29) is 11.7 Å². The number of rotatable bonds is 3. The SMILES string of the molecule is CC1(C)CCC(CNc2ccc(C#N)c(Cl)c2)O1. The minimum atomic E-state index is -0.00530. The van der Waals surface area contributed by atoms with Gasteiger partial charge in [-0.1, -0.05) is 11.6 Å². The van der Waals surface area contributed by atoms with E-state index in [9.17, 15) is 0 Å². The Morgan fingerprint density at radius 3 is 2.89 bits per heavy atom. The van der Waals surface area contributed by atoms with Gasteiger partial charge in [0.05, 0.1) is 22.3 Å². The molecule has 1 saturated heterocycles. The Labute approximate surface area is 113 Å². The van der Waals surface area contributed by atoms with Crippen LogP contribution in [0.2, 0.25) is 5.02 Å². The molecule has 1 unspecified atom stereocenters. The molecule has 0 bridgehead atoms. The maximum absolute atomic E-state index is 8.79. The second kappa shape index (κ2) is 5.17. The number of ether oxygens (including phenoxy) is 1. The van der Waals surface area contributed by atoms with Crippen LogP contribution >= 0.6 is 11.6 Å². The van der Waals surface area contributed by atoms with Crippen molar-refractivity contribution in [3.8, 4) is 6.07 Å². The highest BCUT2D eigenvalue weighted by molar-refractivity contribution is 6.32. The molecule has 0 amide bonds. The van der Waals surface area contributed by atoms with E-state index >= 15 is 0 Å². The van der Waals surface area contributed by atoms with E-state index < -0.39 is 0 Å². The smallest absolute Gasteiger partial charge is 0.101 e. The zero-order chi connectivity index (χ0) is 13.2. The molecule has 1 aromatic rings. The topological polar surface area (TPSA) is 45.0 Å². The third kappa shape index (κ3) is 3.16. The number of halogens is 1. The first-order chi connectivity index (χ1) is 8.50. The fraction of sp³-hybridized carbons (Fsp3) is 0.500. The predicted octanol–water partition coefficient (Wildman–Crippen LogP) is 3.58. The maximum atomic E-state index is 8.79. The summed E-state index contributed by atoms with van der Waals surface area (Å²) in [5, 5.41) is 12.6. The Hall–Kier alpha value is -1.24. The van der Waals surface area contributed by atoms with E-state index in [4.69, 9.17) is 21.6 Å². The number of nitrogens with zero attached hydrogens (tertiary/aromatic N) is 1. The van der Waals surface area contributed by atoms with Crippen molar-refractivity contribution < 1.29 is 4.74 Å². The Morgan fingerprint density at radius 1 is 1.56 bits per heavy atom. The van der Waals surface area contributed by atoms with Crippen LogP contribution in [0.1, 0.15) is 32.3 Å². The highest BCUT2D eigenvalue weighted by atomic mass is 35.5. The summed E-state index contributed by atoms with van der Waals surface area (Å²) in [4.78, 5) is 0. The van der Waals surface area contributed by atoms with Crippen molar-refractivity contribution in [1.29, 1.82) is 5.26 Å². The van der Waals surface area contributed by atoms with E-state index in [1.165, 1.54) is 0 Å². The highest BCUT2D eigenvalue weighted by Gasteiger charge is 2.31. The first-order valence-corrected chi connectivity index (χ1v) is 6.49. The molecule has 3 nitrogen and oxygen atoms in total. The molecule has 0 aliphatic carbocycles. The second-order valence-electron chi connectivity index (χ2n) is 5.23. The molecule has 1 N–H and O–H groups in total. The third-order valence-corrected chi connectivity index (χ3v) is 3.49. The van der Waals surface area contributed by atoms with Gasteiger partial charge in [-0.25, -0.2) is 0 Å². The third-order valence-electron chi connectivity index (χ3n) is 3.18. The van der Waals surface area contributed by atoms with Gasteiger partial charge in [0.25, 0.3) is 0 Å². The van der Waals surface area contributed by atoms with Crippen LogP contribution in [-0.2, 0) is 4.74 Å². The summed E-state index contributed by atoms with van der Waals surface area (Å²) in [7, 11) is 0. The molecule has 1 heterocycles. The zero-order valence-corrected chi connectivity index (χ0v) is 11.4. The number of anilines is 1. The lowest BCUT2D eigenvalue weighted by Crippen LogP contribution is -2.24. The summed E-state index contributed by atoms with van der Waals surface area (Å²) in [5.41, 5.74) is 1.42. The van der Waals surface area contributed by atoms with E-state index in [2.05, 4.69) is 19.2 Å². The van der Waals surface area contributed by atoms with Crippen LogP contribution in [0, 0.1) is 11.3 Å². The summed E-state index contributed by atoms with van der Waals surface area (Å²) in [6.45, 7) is 5.00. The molecule has 2 rings (SSSR count). The van der Waals surface area contributed by atoms with Gasteiger partial charge >= 0.3 is 0 Å². The Balaban J connectivity index is 1.92. The average Bonchev–Trinajstić information content (AvgIpc) is 2.66. The van der Waals surface area contributed by atoms with Crippen LogP contribution in [-0.4, -0.2) is 18.2 Å². The van der Waals surface area contributed by atoms with Crippen molar-refractivity contribution in [2.75, 3.05) is 11.9 Å². The van der Waals surface area contributed by atoms with Crippen LogP contribution < -0.4 is 5.32 Å². The van der Waals surface area contributed by atoms with Gasteiger partial charge in [0.15, 0.2) is 0 Å². The summed E-state index contributed by atoms with van der Waals surface area (Å²) in [6, 6.07) is 7.42. The number of nitrogens with one attached hydrogen (secondary N) is 1. The van der Waals surface area contributed by atoms with Crippen LogP contribution in [0.25, 0.3) is 0 Å². The predicted molar refractivity (Wildman–Crippen MR) is 72.8 cm³/mol. The fourth-order valence-electron chi connectivity index (χ4n) is 2.17. The molecule has 0 saturated carbocycles. The maximum Gasteiger partial charge on any atom is 0.101 e. The molecule has 0 radical (unpaired) electrons. The Morgan fingerprint density at radius 2 is 2.33 bits per heavy atom. The standard InChI is InChI=1S/C14H17ClN2O/c1-14(2)6-5-12(18-14)9-17-11-4-3-10(8-16)13(15)7-11/h3-4,7,12,17H,5-6,9H2,1-2H3. The molecule has 0 aromatic heterocycles. The van der Waals surface area contributed by atoms with Gasteiger partial charge in [0.2, 0.25) is 0 Å². The van der Waals surface area contributed by atoms with Gasteiger partial charge in [0, 0.05) is 12.2 Å². The molecule has 1 fully saturated rings. The summed E-state index contributed by atoms with van der Waals surface area (Å²) in [5.74, 6) is 0. The van der Waals surface area contributed by atoms with Crippen LogP contribution in [0.5, 0.6) is 0 Å². The molecule has 1 aliphatic rings. The quantitative estimate of drug-likeness (QED) is 0.908. The van der Waals surface area contributed by atoms with E-state index in [0.29, 0.717) is 10.6 Å². The minimum Gasteiger partial charge on any atom is -0.382 e. The van der Waals surface area contributed by atoms with E-state index in [1.54, 1.807) is 12.1 Å². The van der Waals surface area contributed by atoms with Gasteiger partial charge in [-0.2, -0.15) is 5.26 Å². The Bertz CT molecular complexity index is 479. The largest absolute Gasteiger partial charge is 0.382 e. The van der Waals surface area contributed by atoms with Crippen LogP contribution in [0.4, 0.5) is 5.69 Å². The van der Waals surface area contributed by atoms with Gasteiger partial charge in [-0.15, -0.1) is 0 Å². The van der Waals surface area contributed by atoms with Crippen LogP contribution in [0.3, 0.4) is 0 Å². The minimum absolute atomic E-state index is 0.00530. The number of hydrogen-bond donors (Lipinski definition) is 1. The average molecular weight is 265 g/mol. The molecule has 18 heavy (non-hydrogen) atoms. The van der Waals surface area contributed by atoms with Crippen molar-refractivity contribution in [2.45, 2.75) is 38.4 Å². The molecule has 96 valence electrons. The van der Waals surface area contributed by atoms with Gasteiger partial charge in [0.1, 0.15) is 6.07 Å². The zero-order valence-electron chi connectivity index (χ0n) is 10.7. The van der Waals surface area contributed by atoms with E-state index in [0.717, 1.165) is 25.1 Å². The lowest BCUT2D eigenvalue weighted by atomic mass is 10.1.